The first-order chi connectivity index (χ1) is 15.3. The third-order valence-electron chi connectivity index (χ3n) is 5.39. The molecule has 6 nitrogen and oxygen atoms in total. The SMILES string of the molecule is O=C(CCCS(=O)(=O)c1ccc(F)cc1)N1CCC(Oc2nc3c(Cl)cccc3s2)CC1. The minimum Gasteiger partial charge on any atom is -0.467 e. The van der Waals surface area contributed by atoms with Crippen LogP contribution in [0.2, 0.25) is 5.02 Å². The summed E-state index contributed by atoms with van der Waals surface area (Å²) in [5.74, 6) is -0.702. The Labute approximate surface area is 194 Å². The normalized spacial score (nSPS) is 15.2. The highest BCUT2D eigenvalue weighted by molar-refractivity contribution is 7.91. The van der Waals surface area contributed by atoms with Crippen molar-refractivity contribution >= 4 is 48.9 Å². The Hall–Kier alpha value is -2.23. The summed E-state index contributed by atoms with van der Waals surface area (Å²) in [7, 11) is -3.53. The highest BCUT2D eigenvalue weighted by Crippen LogP contribution is 2.33. The van der Waals surface area contributed by atoms with Crippen LogP contribution in [0.4, 0.5) is 4.39 Å². The van der Waals surface area contributed by atoms with Gasteiger partial charge in [0.2, 0.25) is 5.91 Å². The molecule has 2 aromatic carbocycles. The van der Waals surface area contributed by atoms with Crippen LogP contribution in [0.3, 0.4) is 0 Å². The second kappa shape index (κ2) is 9.72. The predicted octanol–water partition coefficient (Wildman–Crippen LogP) is 4.71. The van der Waals surface area contributed by atoms with Crippen LogP contribution < -0.4 is 4.74 Å². The molecule has 32 heavy (non-hydrogen) atoms. The molecule has 1 fully saturated rings. The fraction of sp³-hybridized carbons (Fsp3) is 0.364. The largest absolute Gasteiger partial charge is 0.467 e. The van der Waals surface area contributed by atoms with E-state index in [4.69, 9.17) is 16.3 Å². The van der Waals surface area contributed by atoms with E-state index in [1.54, 1.807) is 11.0 Å². The van der Waals surface area contributed by atoms with Gasteiger partial charge in [0.25, 0.3) is 5.19 Å². The highest BCUT2D eigenvalue weighted by Gasteiger charge is 2.25. The van der Waals surface area contributed by atoms with Crippen LogP contribution in [-0.4, -0.2) is 49.2 Å². The molecule has 0 atom stereocenters. The molecule has 0 N–H and O–H groups in total. The van der Waals surface area contributed by atoms with E-state index in [2.05, 4.69) is 4.98 Å². The molecule has 1 aliphatic heterocycles. The third-order valence-corrected chi connectivity index (χ3v) is 8.42. The van der Waals surface area contributed by atoms with Crippen LogP contribution in [0, 0.1) is 5.82 Å². The van der Waals surface area contributed by atoms with E-state index in [1.807, 2.05) is 12.1 Å². The monoisotopic (exact) mass is 496 g/mol. The number of para-hydroxylation sites is 1. The van der Waals surface area contributed by atoms with Gasteiger partial charge in [-0.15, -0.1) is 0 Å². The van der Waals surface area contributed by atoms with E-state index in [0.717, 1.165) is 22.3 Å². The summed E-state index contributed by atoms with van der Waals surface area (Å²) in [4.78, 5) is 18.8. The van der Waals surface area contributed by atoms with Gasteiger partial charge in [0, 0.05) is 32.4 Å². The average Bonchev–Trinajstić information content (AvgIpc) is 3.18. The molecule has 4 rings (SSSR count). The average molecular weight is 497 g/mol. The topological polar surface area (TPSA) is 76.6 Å². The van der Waals surface area contributed by atoms with E-state index in [9.17, 15) is 17.6 Å². The lowest BCUT2D eigenvalue weighted by atomic mass is 10.1. The van der Waals surface area contributed by atoms with Gasteiger partial charge in [-0.1, -0.05) is 29.0 Å². The summed E-state index contributed by atoms with van der Waals surface area (Å²) in [6.45, 7) is 1.11. The van der Waals surface area contributed by atoms with Gasteiger partial charge in [0.05, 0.1) is 20.4 Å². The van der Waals surface area contributed by atoms with Gasteiger partial charge in [-0.2, -0.15) is 0 Å². The first-order valence-electron chi connectivity index (χ1n) is 10.3. The molecule has 3 aromatic rings. The number of amides is 1. The number of nitrogens with zero attached hydrogens (tertiary/aromatic N) is 2. The lowest BCUT2D eigenvalue weighted by Crippen LogP contribution is -2.41. The van der Waals surface area contributed by atoms with E-state index >= 15 is 0 Å². The van der Waals surface area contributed by atoms with E-state index in [-0.39, 0.29) is 35.5 Å². The summed E-state index contributed by atoms with van der Waals surface area (Å²) >= 11 is 7.62. The van der Waals surface area contributed by atoms with Crippen molar-refractivity contribution in [3.05, 3.63) is 53.3 Å². The van der Waals surface area contributed by atoms with Crippen LogP contribution in [0.5, 0.6) is 5.19 Å². The molecule has 1 saturated heterocycles. The Morgan fingerprint density at radius 2 is 1.91 bits per heavy atom. The van der Waals surface area contributed by atoms with Gasteiger partial charge in [0.15, 0.2) is 9.84 Å². The zero-order valence-corrected chi connectivity index (χ0v) is 19.6. The fourth-order valence-corrected chi connectivity index (χ4v) is 6.13. The van der Waals surface area contributed by atoms with Crippen molar-refractivity contribution in [2.45, 2.75) is 36.7 Å². The minimum atomic E-state index is -3.53. The molecule has 1 amide bonds. The van der Waals surface area contributed by atoms with Crippen molar-refractivity contribution in [2.24, 2.45) is 0 Å². The number of hydrogen-bond donors (Lipinski definition) is 0. The van der Waals surface area contributed by atoms with Crippen molar-refractivity contribution in [3.63, 3.8) is 0 Å². The molecule has 0 saturated carbocycles. The first kappa shape index (κ1) is 22.9. The van der Waals surface area contributed by atoms with Crippen molar-refractivity contribution in [2.75, 3.05) is 18.8 Å². The van der Waals surface area contributed by atoms with Crippen molar-refractivity contribution in [3.8, 4) is 5.19 Å². The molecule has 0 aliphatic carbocycles. The number of carbonyl (C=O) groups is 1. The standard InChI is InChI=1S/C22H22ClFN2O4S2/c23-18-3-1-4-19-21(18)25-22(31-19)30-16-10-12-26(13-11-16)20(27)5-2-14-32(28,29)17-8-6-15(24)7-9-17/h1,3-4,6-9,16H,2,5,10-14H2. The zero-order valence-electron chi connectivity index (χ0n) is 17.2. The second-order valence-corrected chi connectivity index (χ2v) is 11.2. The second-order valence-electron chi connectivity index (χ2n) is 7.64. The molecule has 170 valence electrons. The molecular formula is C22H22ClFN2O4S2. The number of halogens is 2. The molecular weight excluding hydrogens is 475 g/mol. The Morgan fingerprint density at radius 3 is 2.59 bits per heavy atom. The van der Waals surface area contributed by atoms with Gasteiger partial charge in [0.1, 0.15) is 17.4 Å². The van der Waals surface area contributed by atoms with Crippen molar-refractivity contribution < 1.29 is 22.3 Å². The maximum atomic E-state index is 13.0. The van der Waals surface area contributed by atoms with E-state index in [1.165, 1.54) is 23.5 Å². The molecule has 1 aliphatic rings. The number of sulfone groups is 1. The zero-order chi connectivity index (χ0) is 22.7. The highest BCUT2D eigenvalue weighted by atomic mass is 35.5. The van der Waals surface area contributed by atoms with E-state index in [0.29, 0.717) is 36.1 Å². The number of thiazole rings is 1. The van der Waals surface area contributed by atoms with Crippen LogP contribution >= 0.6 is 22.9 Å². The maximum Gasteiger partial charge on any atom is 0.274 e. The van der Waals surface area contributed by atoms with Gasteiger partial charge >= 0.3 is 0 Å². The molecule has 10 heteroatoms. The quantitative estimate of drug-likeness (QED) is 0.443. The predicted molar refractivity (Wildman–Crippen MR) is 123 cm³/mol. The number of likely N-dealkylation sites (tertiary alicyclic amines) is 1. The minimum absolute atomic E-state index is 0.0303. The number of rotatable bonds is 7. The lowest BCUT2D eigenvalue weighted by molar-refractivity contribution is -0.133. The summed E-state index contributed by atoms with van der Waals surface area (Å²) < 4.78 is 44.6. The first-order valence-corrected chi connectivity index (χ1v) is 13.1. The fourth-order valence-electron chi connectivity index (χ4n) is 3.64. The van der Waals surface area contributed by atoms with Crippen LogP contribution in [0.15, 0.2) is 47.4 Å². The van der Waals surface area contributed by atoms with Gasteiger partial charge in [-0.25, -0.2) is 17.8 Å². The Bertz CT molecular complexity index is 1210. The molecule has 0 bridgehead atoms. The maximum absolute atomic E-state index is 13.0. The summed E-state index contributed by atoms with van der Waals surface area (Å²) in [5.41, 5.74) is 0.734. The van der Waals surface area contributed by atoms with Crippen molar-refractivity contribution in [1.82, 2.24) is 9.88 Å². The molecule has 0 radical (unpaired) electrons. The number of fused-ring (bicyclic) bond motifs is 1. The van der Waals surface area contributed by atoms with E-state index < -0.39 is 15.7 Å². The third kappa shape index (κ3) is 5.39. The van der Waals surface area contributed by atoms with Gasteiger partial charge < -0.3 is 9.64 Å². The number of carbonyl (C=O) groups excluding carboxylic acids is 1. The molecule has 2 heterocycles. The Balaban J connectivity index is 1.23. The number of aromatic nitrogens is 1. The number of hydrogen-bond acceptors (Lipinski definition) is 6. The summed E-state index contributed by atoms with van der Waals surface area (Å²) in [6.07, 6.45) is 1.72. The van der Waals surface area contributed by atoms with Gasteiger partial charge in [-0.3, -0.25) is 4.79 Å². The molecule has 0 unspecified atom stereocenters. The van der Waals surface area contributed by atoms with Crippen molar-refractivity contribution in [1.29, 1.82) is 0 Å². The van der Waals surface area contributed by atoms with Gasteiger partial charge in [-0.05, 0) is 42.8 Å². The Kier molecular flexibility index (Phi) is 6.97. The van der Waals surface area contributed by atoms with Crippen LogP contribution in [0.25, 0.3) is 10.2 Å². The lowest BCUT2D eigenvalue weighted by Gasteiger charge is -2.31. The smallest absolute Gasteiger partial charge is 0.274 e. The summed E-state index contributed by atoms with van der Waals surface area (Å²) in [6, 6.07) is 10.3. The number of piperidine rings is 1. The van der Waals surface area contributed by atoms with Crippen LogP contribution in [0.1, 0.15) is 25.7 Å². The number of ether oxygens (including phenoxy) is 1. The Morgan fingerprint density at radius 1 is 1.19 bits per heavy atom. The molecule has 1 aromatic heterocycles. The number of benzene rings is 2. The summed E-state index contributed by atoms with van der Waals surface area (Å²) in [5, 5.41) is 1.17. The van der Waals surface area contributed by atoms with Crippen LogP contribution in [-0.2, 0) is 14.6 Å². The molecule has 0 spiro atoms.